The fraction of sp³-hybridized carbons (Fsp3) is 0.188. The molecular formula is C16H13ClN2O4S. The highest BCUT2D eigenvalue weighted by Gasteiger charge is 2.46. The molecule has 1 aromatic carbocycles. The van der Waals surface area contributed by atoms with Gasteiger partial charge in [0.1, 0.15) is 6.10 Å². The van der Waals surface area contributed by atoms with E-state index in [2.05, 4.69) is 0 Å². The number of hydrogen-bond donors (Lipinski definition) is 0. The highest BCUT2D eigenvalue weighted by atomic mass is 35.5. The van der Waals surface area contributed by atoms with Crippen molar-refractivity contribution in [3.05, 3.63) is 57.2 Å². The van der Waals surface area contributed by atoms with Crippen LogP contribution >= 0.6 is 22.9 Å². The summed E-state index contributed by atoms with van der Waals surface area (Å²) in [5.74, 6) is -1.90. The molecule has 2 heterocycles. The molecule has 1 aliphatic rings. The summed E-state index contributed by atoms with van der Waals surface area (Å²) in [5, 5.41) is 0.517. The lowest BCUT2D eigenvalue weighted by Gasteiger charge is -2.18. The standard InChI is InChI=1S/C16H13ClN2O4S/c1-10(12-7-8-13(17)24-12)23-19-15(21)14(20)18(16(19)22)9-11-5-3-2-4-6-11/h2-8,10H,9H2,1H3. The van der Waals surface area contributed by atoms with Crippen molar-refractivity contribution in [1.82, 2.24) is 9.96 Å². The molecule has 1 aliphatic heterocycles. The van der Waals surface area contributed by atoms with E-state index in [9.17, 15) is 14.4 Å². The van der Waals surface area contributed by atoms with Crippen LogP contribution in [0.4, 0.5) is 4.79 Å². The van der Waals surface area contributed by atoms with E-state index < -0.39 is 23.9 Å². The minimum atomic E-state index is -0.995. The second-order valence-corrected chi connectivity index (χ2v) is 6.90. The zero-order valence-corrected chi connectivity index (χ0v) is 14.2. The molecule has 3 rings (SSSR count). The Morgan fingerprint density at radius 2 is 1.79 bits per heavy atom. The predicted molar refractivity (Wildman–Crippen MR) is 88.1 cm³/mol. The van der Waals surface area contributed by atoms with E-state index in [0.717, 1.165) is 15.3 Å². The number of rotatable bonds is 5. The number of hydroxylamine groups is 2. The summed E-state index contributed by atoms with van der Waals surface area (Å²) in [6.07, 6.45) is -0.583. The van der Waals surface area contributed by atoms with Crippen LogP contribution in [0.15, 0.2) is 42.5 Å². The van der Waals surface area contributed by atoms with E-state index in [1.165, 1.54) is 11.3 Å². The number of carbonyl (C=O) groups excluding carboxylic acids is 3. The number of thiophene rings is 1. The number of imide groups is 2. The summed E-state index contributed by atoms with van der Waals surface area (Å²) in [4.78, 5) is 43.5. The quantitative estimate of drug-likeness (QED) is 0.602. The van der Waals surface area contributed by atoms with Crippen molar-refractivity contribution in [2.24, 2.45) is 0 Å². The van der Waals surface area contributed by atoms with Crippen molar-refractivity contribution in [2.75, 3.05) is 0 Å². The molecule has 0 spiro atoms. The molecule has 6 nitrogen and oxygen atoms in total. The van der Waals surface area contributed by atoms with Crippen molar-refractivity contribution in [1.29, 1.82) is 0 Å². The summed E-state index contributed by atoms with van der Waals surface area (Å²) in [7, 11) is 0. The van der Waals surface area contributed by atoms with Gasteiger partial charge < -0.3 is 0 Å². The van der Waals surface area contributed by atoms with Crippen LogP contribution in [0.25, 0.3) is 0 Å². The third-order valence-corrected chi connectivity index (χ3v) is 4.85. The molecule has 1 saturated heterocycles. The molecular weight excluding hydrogens is 352 g/mol. The summed E-state index contributed by atoms with van der Waals surface area (Å²) in [5.41, 5.74) is 0.743. The van der Waals surface area contributed by atoms with Gasteiger partial charge in [0.2, 0.25) is 0 Å². The van der Waals surface area contributed by atoms with Crippen LogP contribution in [-0.2, 0) is 21.0 Å². The Labute approximate surface area is 147 Å². The van der Waals surface area contributed by atoms with Crippen LogP contribution in [0, 0.1) is 0 Å². The Bertz CT molecular complexity index is 792. The largest absolute Gasteiger partial charge is 0.359 e. The Balaban J connectivity index is 1.74. The van der Waals surface area contributed by atoms with E-state index in [0.29, 0.717) is 9.40 Å². The van der Waals surface area contributed by atoms with Crippen LogP contribution in [0.2, 0.25) is 4.34 Å². The smallest absolute Gasteiger partial charge is 0.263 e. The summed E-state index contributed by atoms with van der Waals surface area (Å²) in [6.45, 7) is 1.69. The van der Waals surface area contributed by atoms with Gasteiger partial charge in [0.05, 0.1) is 10.9 Å². The van der Waals surface area contributed by atoms with Crippen molar-refractivity contribution < 1.29 is 19.2 Å². The minimum absolute atomic E-state index is 0.0172. The Kier molecular flexibility index (Phi) is 4.66. The number of nitrogens with zero attached hydrogens (tertiary/aromatic N) is 2. The van der Waals surface area contributed by atoms with Crippen LogP contribution < -0.4 is 0 Å². The third kappa shape index (κ3) is 3.19. The van der Waals surface area contributed by atoms with E-state index >= 15 is 0 Å². The van der Waals surface area contributed by atoms with Crippen molar-refractivity contribution in [3.8, 4) is 0 Å². The van der Waals surface area contributed by atoms with E-state index in [-0.39, 0.29) is 6.54 Å². The number of amides is 4. The zero-order valence-electron chi connectivity index (χ0n) is 12.6. The molecule has 0 aliphatic carbocycles. The first-order chi connectivity index (χ1) is 11.5. The molecule has 1 atom stereocenters. The van der Waals surface area contributed by atoms with Gasteiger partial charge in [0, 0.05) is 4.88 Å². The average molecular weight is 365 g/mol. The Morgan fingerprint density at radius 3 is 2.42 bits per heavy atom. The summed E-state index contributed by atoms with van der Waals surface area (Å²) < 4.78 is 0.571. The molecule has 1 aromatic heterocycles. The van der Waals surface area contributed by atoms with Gasteiger partial charge in [-0.2, -0.15) is 0 Å². The summed E-state index contributed by atoms with van der Waals surface area (Å²) >= 11 is 7.15. The second kappa shape index (κ2) is 6.72. The fourth-order valence-electron chi connectivity index (χ4n) is 2.24. The maximum absolute atomic E-state index is 12.4. The van der Waals surface area contributed by atoms with E-state index in [1.807, 2.05) is 6.07 Å². The van der Waals surface area contributed by atoms with Gasteiger partial charge in [-0.15, -0.1) is 16.4 Å². The first-order valence-corrected chi connectivity index (χ1v) is 8.32. The number of benzene rings is 1. The molecule has 1 unspecified atom stereocenters. The van der Waals surface area contributed by atoms with Crippen LogP contribution in [0.5, 0.6) is 0 Å². The van der Waals surface area contributed by atoms with Gasteiger partial charge in [0.25, 0.3) is 0 Å². The first-order valence-electron chi connectivity index (χ1n) is 7.13. The molecule has 0 N–H and O–H groups in total. The van der Waals surface area contributed by atoms with Crippen molar-refractivity contribution >= 4 is 40.8 Å². The highest BCUT2D eigenvalue weighted by Crippen LogP contribution is 2.30. The molecule has 1 fully saturated rings. The maximum Gasteiger partial charge on any atom is 0.359 e. The topological polar surface area (TPSA) is 66.9 Å². The molecule has 0 radical (unpaired) electrons. The molecule has 8 heteroatoms. The van der Waals surface area contributed by atoms with Gasteiger partial charge in [0.15, 0.2) is 0 Å². The van der Waals surface area contributed by atoms with Crippen LogP contribution in [0.3, 0.4) is 0 Å². The van der Waals surface area contributed by atoms with Crippen LogP contribution in [0.1, 0.15) is 23.5 Å². The third-order valence-electron chi connectivity index (χ3n) is 3.46. The lowest BCUT2D eigenvalue weighted by atomic mass is 10.2. The van der Waals surface area contributed by atoms with Crippen LogP contribution in [-0.4, -0.2) is 27.8 Å². The van der Waals surface area contributed by atoms with Crippen molar-refractivity contribution in [2.45, 2.75) is 19.6 Å². The summed E-state index contributed by atoms with van der Waals surface area (Å²) in [6, 6.07) is 11.6. The van der Waals surface area contributed by atoms with Gasteiger partial charge in [-0.05, 0) is 24.6 Å². The normalized spacial score (nSPS) is 16.2. The monoisotopic (exact) mass is 364 g/mol. The maximum atomic E-state index is 12.4. The Hall–Kier alpha value is -2.22. The predicted octanol–water partition coefficient (Wildman–Crippen LogP) is 3.39. The van der Waals surface area contributed by atoms with Crippen molar-refractivity contribution in [3.63, 3.8) is 0 Å². The number of hydrogen-bond acceptors (Lipinski definition) is 5. The first kappa shape index (κ1) is 16.6. The lowest BCUT2D eigenvalue weighted by Crippen LogP contribution is -2.33. The van der Waals surface area contributed by atoms with E-state index in [1.54, 1.807) is 43.3 Å². The van der Waals surface area contributed by atoms with E-state index in [4.69, 9.17) is 16.4 Å². The minimum Gasteiger partial charge on any atom is -0.263 e. The molecule has 0 bridgehead atoms. The SMILES string of the molecule is CC(ON1C(=O)C(=O)N(Cc2ccccc2)C1=O)c1ccc(Cl)s1. The fourth-order valence-corrected chi connectivity index (χ4v) is 3.28. The molecule has 124 valence electrons. The van der Waals surface area contributed by atoms with Gasteiger partial charge in [-0.25, -0.2) is 9.69 Å². The molecule has 0 saturated carbocycles. The Morgan fingerprint density at radius 1 is 1.08 bits per heavy atom. The highest BCUT2D eigenvalue weighted by molar-refractivity contribution is 7.16. The zero-order chi connectivity index (χ0) is 17.3. The molecule has 2 aromatic rings. The van der Waals surface area contributed by atoms with Gasteiger partial charge in [-0.3, -0.25) is 14.4 Å². The number of urea groups is 1. The van der Waals surface area contributed by atoms with Gasteiger partial charge >= 0.3 is 17.8 Å². The number of halogens is 1. The lowest BCUT2D eigenvalue weighted by molar-refractivity contribution is -0.178. The molecule has 4 amide bonds. The number of carbonyl (C=O) groups is 3. The molecule has 24 heavy (non-hydrogen) atoms. The average Bonchev–Trinajstić information content (AvgIpc) is 3.09. The second-order valence-electron chi connectivity index (χ2n) is 5.15. The van der Waals surface area contributed by atoms with Gasteiger partial charge in [-0.1, -0.05) is 41.9 Å².